The maximum absolute atomic E-state index is 11.4. The molecule has 0 fully saturated rings. The number of nitrogens with zero attached hydrogens (tertiary/aromatic N) is 3. The predicted octanol–water partition coefficient (Wildman–Crippen LogP) is 3.20. The molecule has 102 valence electrons. The van der Waals surface area contributed by atoms with Crippen LogP contribution in [-0.4, -0.2) is 23.2 Å². The van der Waals surface area contributed by atoms with E-state index >= 15 is 0 Å². The molecule has 9 heteroatoms. The van der Waals surface area contributed by atoms with Gasteiger partial charge in [0.1, 0.15) is 0 Å². The van der Waals surface area contributed by atoms with Crippen LogP contribution in [-0.2, 0) is 15.6 Å². The smallest absolute Gasteiger partial charge is 0.296 e. The summed E-state index contributed by atoms with van der Waals surface area (Å²) >= 11 is 12.1. The normalized spacial score (nSPS) is 11.8. The Morgan fingerprint density at radius 1 is 1.21 bits per heavy atom. The van der Waals surface area contributed by atoms with E-state index in [0.717, 1.165) is 0 Å². The number of rotatable bonds is 3. The quantitative estimate of drug-likeness (QED) is 0.805. The molecule has 1 aromatic heterocycles. The van der Waals surface area contributed by atoms with Crippen LogP contribution < -0.4 is 0 Å². The van der Waals surface area contributed by atoms with Crippen LogP contribution in [0.3, 0.4) is 0 Å². The molecule has 5 nitrogen and oxygen atoms in total. The van der Waals surface area contributed by atoms with Crippen LogP contribution in [0.2, 0.25) is 10.0 Å². The van der Waals surface area contributed by atoms with Crippen LogP contribution in [0.5, 0.6) is 0 Å². The predicted molar refractivity (Wildman–Crippen MR) is 74.2 cm³/mol. The summed E-state index contributed by atoms with van der Waals surface area (Å²) in [6, 6.07) is 4.94. The number of hydrogen-bond donors (Lipinski definition) is 0. The van der Waals surface area contributed by atoms with Crippen molar-refractivity contribution in [1.82, 2.24) is 14.8 Å². The van der Waals surface area contributed by atoms with Crippen molar-refractivity contribution in [1.29, 1.82) is 0 Å². The summed E-state index contributed by atoms with van der Waals surface area (Å²) in [6.07, 6.45) is 0. The molecule has 0 radical (unpaired) electrons. The zero-order valence-electron chi connectivity index (χ0n) is 9.64. The Morgan fingerprint density at radius 3 is 2.26 bits per heavy atom. The number of hydrogen-bond acceptors (Lipinski definition) is 4. The average Bonchev–Trinajstić information content (AvgIpc) is 2.72. The molecule has 0 aliphatic carbocycles. The summed E-state index contributed by atoms with van der Waals surface area (Å²) in [5.41, 5.74) is 0.423. The van der Waals surface area contributed by atoms with E-state index in [0.29, 0.717) is 22.2 Å². The summed E-state index contributed by atoms with van der Waals surface area (Å²) < 4.78 is 24.1. The SMILES string of the molecule is CCn1c(-c2c(Cl)cccc2Cl)nnc1S(=O)(=O)Cl. The van der Waals surface area contributed by atoms with E-state index in [2.05, 4.69) is 10.2 Å². The average molecular weight is 341 g/mol. The Balaban J connectivity index is 2.75. The first-order valence-electron chi connectivity index (χ1n) is 5.18. The van der Waals surface area contributed by atoms with Gasteiger partial charge in [-0.15, -0.1) is 10.2 Å². The molecule has 0 bridgehead atoms. The number of aromatic nitrogens is 3. The van der Waals surface area contributed by atoms with Gasteiger partial charge in [-0.05, 0) is 19.1 Å². The molecular weight excluding hydrogens is 333 g/mol. The van der Waals surface area contributed by atoms with E-state index in [1.807, 2.05) is 0 Å². The topological polar surface area (TPSA) is 64.8 Å². The van der Waals surface area contributed by atoms with Gasteiger partial charge in [0.15, 0.2) is 5.82 Å². The fraction of sp³-hybridized carbons (Fsp3) is 0.200. The Morgan fingerprint density at radius 2 is 1.79 bits per heavy atom. The molecule has 0 N–H and O–H groups in total. The third-order valence-corrected chi connectivity index (χ3v) is 4.22. The van der Waals surface area contributed by atoms with Crippen molar-refractivity contribution in [2.45, 2.75) is 18.6 Å². The molecule has 1 heterocycles. The van der Waals surface area contributed by atoms with E-state index in [4.69, 9.17) is 33.9 Å². The van der Waals surface area contributed by atoms with Gasteiger partial charge in [0.05, 0.1) is 15.6 Å². The van der Waals surface area contributed by atoms with Crippen molar-refractivity contribution < 1.29 is 8.42 Å². The summed E-state index contributed by atoms with van der Waals surface area (Å²) in [5, 5.41) is 7.80. The first-order chi connectivity index (χ1) is 8.86. The minimum atomic E-state index is -3.98. The summed E-state index contributed by atoms with van der Waals surface area (Å²) in [4.78, 5) is 0. The fourth-order valence-corrected chi connectivity index (χ4v) is 3.18. The molecule has 0 atom stereocenters. The molecule has 0 saturated heterocycles. The van der Waals surface area contributed by atoms with E-state index in [1.54, 1.807) is 25.1 Å². The van der Waals surface area contributed by atoms with Crippen LogP contribution in [0, 0.1) is 0 Å². The zero-order valence-corrected chi connectivity index (χ0v) is 12.7. The second-order valence-corrected chi connectivity index (χ2v) is 6.86. The minimum absolute atomic E-state index is 0.261. The van der Waals surface area contributed by atoms with Crippen molar-refractivity contribution in [2.24, 2.45) is 0 Å². The maximum Gasteiger partial charge on any atom is 0.296 e. The highest BCUT2D eigenvalue weighted by atomic mass is 35.7. The van der Waals surface area contributed by atoms with Gasteiger partial charge in [-0.1, -0.05) is 29.3 Å². The highest BCUT2D eigenvalue weighted by Gasteiger charge is 2.24. The molecule has 0 aliphatic heterocycles. The van der Waals surface area contributed by atoms with Crippen molar-refractivity contribution in [3.63, 3.8) is 0 Å². The molecule has 0 amide bonds. The van der Waals surface area contributed by atoms with Gasteiger partial charge in [0.2, 0.25) is 0 Å². The molecule has 19 heavy (non-hydrogen) atoms. The lowest BCUT2D eigenvalue weighted by atomic mass is 10.2. The van der Waals surface area contributed by atoms with Gasteiger partial charge in [0.25, 0.3) is 14.2 Å². The Labute approximate surface area is 124 Å². The third-order valence-electron chi connectivity index (χ3n) is 2.44. The summed E-state index contributed by atoms with van der Waals surface area (Å²) in [5.74, 6) is 0.261. The first kappa shape index (κ1) is 14.6. The second kappa shape index (κ2) is 5.28. The summed E-state index contributed by atoms with van der Waals surface area (Å²) in [7, 11) is 1.32. The molecular formula is C10H8Cl3N3O2S. The third kappa shape index (κ3) is 2.72. The van der Waals surface area contributed by atoms with Crippen LogP contribution in [0.4, 0.5) is 0 Å². The lowest BCUT2D eigenvalue weighted by Gasteiger charge is -2.08. The molecule has 1 aromatic carbocycles. The number of halogens is 3. The minimum Gasteiger partial charge on any atom is -0.297 e. The highest BCUT2D eigenvalue weighted by Crippen LogP contribution is 2.34. The van der Waals surface area contributed by atoms with Crippen molar-refractivity contribution >= 4 is 42.9 Å². The summed E-state index contributed by atoms with van der Waals surface area (Å²) in [6.45, 7) is 2.05. The first-order valence-corrected chi connectivity index (χ1v) is 8.25. The van der Waals surface area contributed by atoms with E-state index in [-0.39, 0.29) is 11.0 Å². The van der Waals surface area contributed by atoms with Crippen molar-refractivity contribution in [3.8, 4) is 11.4 Å². The molecule has 0 unspecified atom stereocenters. The lowest BCUT2D eigenvalue weighted by molar-refractivity contribution is 0.583. The van der Waals surface area contributed by atoms with Gasteiger partial charge in [-0.25, -0.2) is 8.42 Å². The maximum atomic E-state index is 11.4. The zero-order chi connectivity index (χ0) is 14.2. The van der Waals surface area contributed by atoms with Crippen molar-refractivity contribution in [3.05, 3.63) is 28.2 Å². The van der Waals surface area contributed by atoms with Gasteiger partial charge < -0.3 is 0 Å². The van der Waals surface area contributed by atoms with Crippen LogP contribution in [0.15, 0.2) is 23.4 Å². The lowest BCUT2D eigenvalue weighted by Crippen LogP contribution is -2.06. The van der Waals surface area contributed by atoms with E-state index in [1.165, 1.54) is 4.57 Å². The Hall–Kier alpha value is -0.820. The van der Waals surface area contributed by atoms with Crippen molar-refractivity contribution in [2.75, 3.05) is 0 Å². The largest absolute Gasteiger partial charge is 0.297 e. The van der Waals surface area contributed by atoms with E-state index in [9.17, 15) is 8.42 Å². The molecule has 0 spiro atoms. The Kier molecular flexibility index (Phi) is 4.06. The second-order valence-electron chi connectivity index (χ2n) is 3.58. The van der Waals surface area contributed by atoms with Gasteiger partial charge in [0, 0.05) is 17.2 Å². The molecule has 2 rings (SSSR count). The fourth-order valence-electron chi connectivity index (χ4n) is 1.65. The molecule has 2 aromatic rings. The van der Waals surface area contributed by atoms with Gasteiger partial charge >= 0.3 is 0 Å². The van der Waals surface area contributed by atoms with Gasteiger partial charge in [-0.3, -0.25) is 4.57 Å². The highest BCUT2D eigenvalue weighted by molar-refractivity contribution is 8.13. The van der Waals surface area contributed by atoms with Crippen LogP contribution >= 0.6 is 33.9 Å². The van der Waals surface area contributed by atoms with Gasteiger partial charge in [-0.2, -0.15) is 0 Å². The molecule has 0 aliphatic rings. The van der Waals surface area contributed by atoms with Crippen LogP contribution in [0.1, 0.15) is 6.92 Å². The van der Waals surface area contributed by atoms with Crippen LogP contribution in [0.25, 0.3) is 11.4 Å². The van der Waals surface area contributed by atoms with E-state index < -0.39 is 9.05 Å². The Bertz CT molecular complexity index is 707. The standard InChI is InChI=1S/C10H8Cl3N3O2S/c1-2-16-9(14-15-10(16)19(13,17)18)8-6(11)4-3-5-7(8)12/h3-5H,2H2,1H3. The monoisotopic (exact) mass is 339 g/mol. The number of benzene rings is 1. The molecule has 0 saturated carbocycles.